The molecule has 0 aliphatic carbocycles. The predicted octanol–water partition coefficient (Wildman–Crippen LogP) is 4.21. The second-order valence-corrected chi connectivity index (χ2v) is 7.54. The number of aryl methyl sites for hydroxylation is 1. The Hall–Kier alpha value is -2.40. The van der Waals surface area contributed by atoms with Crippen molar-refractivity contribution in [3.05, 3.63) is 76.0 Å². The molecule has 0 atom stereocenters. The van der Waals surface area contributed by atoms with Gasteiger partial charge < -0.3 is 9.47 Å². The van der Waals surface area contributed by atoms with Crippen molar-refractivity contribution in [2.24, 2.45) is 0 Å². The first-order chi connectivity index (χ1) is 12.6. The molecule has 0 unspecified atom stereocenters. The zero-order chi connectivity index (χ0) is 18.1. The van der Waals surface area contributed by atoms with Crippen molar-refractivity contribution in [3.63, 3.8) is 0 Å². The maximum absolute atomic E-state index is 12.7. The van der Waals surface area contributed by atoms with Crippen LogP contribution in [0.5, 0.6) is 0 Å². The Kier molecular flexibility index (Phi) is 4.64. The van der Waals surface area contributed by atoms with Crippen molar-refractivity contribution < 1.29 is 4.79 Å². The van der Waals surface area contributed by atoms with Gasteiger partial charge in [-0.25, -0.2) is 4.98 Å². The van der Waals surface area contributed by atoms with Crippen molar-refractivity contribution in [2.75, 3.05) is 6.54 Å². The lowest BCUT2D eigenvalue weighted by molar-refractivity contribution is -0.134. The number of nitrogens with zero attached hydrogens (tertiary/aromatic N) is 3. The zero-order valence-corrected chi connectivity index (χ0v) is 16.2. The van der Waals surface area contributed by atoms with Gasteiger partial charge in [-0.15, -0.1) is 0 Å². The van der Waals surface area contributed by atoms with Crippen LogP contribution in [0.4, 0.5) is 0 Å². The Morgan fingerprint density at radius 1 is 1.08 bits per heavy atom. The number of carbonyl (C=O) groups excluding carboxylic acids is 1. The van der Waals surface area contributed by atoms with Crippen molar-refractivity contribution in [1.82, 2.24) is 14.5 Å². The number of hydrogen-bond acceptors (Lipinski definition) is 2. The second-order valence-electron chi connectivity index (χ2n) is 6.69. The van der Waals surface area contributed by atoms with Crippen LogP contribution < -0.4 is 0 Å². The number of carbonyl (C=O) groups is 1. The molecule has 0 saturated heterocycles. The molecular formula is C21H20BrN3O. The summed E-state index contributed by atoms with van der Waals surface area (Å²) in [6, 6.07) is 16.5. The van der Waals surface area contributed by atoms with E-state index in [1.165, 1.54) is 11.1 Å². The number of imidazole rings is 1. The van der Waals surface area contributed by atoms with Gasteiger partial charge >= 0.3 is 0 Å². The summed E-state index contributed by atoms with van der Waals surface area (Å²) in [5.74, 6) is 0.995. The third kappa shape index (κ3) is 3.31. The van der Waals surface area contributed by atoms with Gasteiger partial charge in [-0.3, -0.25) is 4.79 Å². The van der Waals surface area contributed by atoms with Gasteiger partial charge in [0.05, 0.1) is 18.4 Å². The average molecular weight is 410 g/mol. The molecule has 2 heterocycles. The molecule has 3 aromatic rings. The minimum atomic E-state index is 0.149. The molecule has 4 rings (SSSR count). The Morgan fingerprint density at radius 3 is 2.62 bits per heavy atom. The summed E-state index contributed by atoms with van der Waals surface area (Å²) < 4.78 is 3.02. The lowest BCUT2D eigenvalue weighted by Gasteiger charge is -2.29. The van der Waals surface area contributed by atoms with Crippen LogP contribution in [0.1, 0.15) is 16.8 Å². The highest BCUT2D eigenvalue weighted by atomic mass is 79.9. The van der Waals surface area contributed by atoms with Gasteiger partial charge in [0, 0.05) is 16.6 Å². The maximum atomic E-state index is 12.7. The van der Waals surface area contributed by atoms with Gasteiger partial charge in [-0.1, -0.05) is 64.0 Å². The smallest absolute Gasteiger partial charge is 0.242 e. The molecule has 1 aromatic heterocycles. The van der Waals surface area contributed by atoms with Crippen LogP contribution in [-0.2, 0) is 24.3 Å². The molecule has 1 amide bonds. The number of fused-ring (bicyclic) bond motifs is 1. The fourth-order valence-corrected chi connectivity index (χ4v) is 3.77. The number of amides is 1. The molecule has 5 heteroatoms. The molecular weight excluding hydrogens is 390 g/mol. The van der Waals surface area contributed by atoms with E-state index in [1.807, 2.05) is 39.9 Å². The SMILES string of the molecule is Cc1ccc(CCN2Cc3cnc(-c4ccccc4Br)n3CC2=O)cc1. The van der Waals surface area contributed by atoms with Crippen LogP contribution in [0.25, 0.3) is 11.4 Å². The first-order valence-corrected chi connectivity index (χ1v) is 9.54. The van der Waals surface area contributed by atoms with E-state index in [9.17, 15) is 4.79 Å². The summed E-state index contributed by atoms with van der Waals surface area (Å²) in [5.41, 5.74) is 4.61. The van der Waals surface area contributed by atoms with Crippen LogP contribution in [0.2, 0.25) is 0 Å². The number of aromatic nitrogens is 2. The van der Waals surface area contributed by atoms with E-state index >= 15 is 0 Å². The summed E-state index contributed by atoms with van der Waals surface area (Å²) in [5, 5.41) is 0. The zero-order valence-electron chi connectivity index (χ0n) is 14.7. The predicted molar refractivity (Wildman–Crippen MR) is 106 cm³/mol. The van der Waals surface area contributed by atoms with Crippen molar-refractivity contribution in [2.45, 2.75) is 26.4 Å². The van der Waals surface area contributed by atoms with Crippen LogP contribution >= 0.6 is 15.9 Å². The van der Waals surface area contributed by atoms with Crippen LogP contribution in [0, 0.1) is 6.92 Å². The van der Waals surface area contributed by atoms with Crippen LogP contribution in [0.3, 0.4) is 0 Å². The van der Waals surface area contributed by atoms with E-state index in [0.717, 1.165) is 34.5 Å². The highest BCUT2D eigenvalue weighted by Crippen LogP contribution is 2.29. The second kappa shape index (κ2) is 7.08. The summed E-state index contributed by atoms with van der Waals surface area (Å²) >= 11 is 3.58. The fourth-order valence-electron chi connectivity index (χ4n) is 3.31. The third-order valence-corrected chi connectivity index (χ3v) is 5.53. The molecule has 0 bridgehead atoms. The van der Waals surface area contributed by atoms with Gasteiger partial charge in [0.2, 0.25) is 5.91 Å². The van der Waals surface area contributed by atoms with Gasteiger partial charge in [0.25, 0.3) is 0 Å². The topological polar surface area (TPSA) is 38.1 Å². The van der Waals surface area contributed by atoms with Gasteiger partial charge in [-0.2, -0.15) is 0 Å². The standard InChI is InChI=1S/C21H20BrN3O/c1-15-6-8-16(9-7-15)10-11-24-13-17-12-23-21(25(17)14-20(24)26)18-4-2-3-5-19(18)22/h2-9,12H,10-11,13-14H2,1H3. The monoisotopic (exact) mass is 409 g/mol. The fraction of sp³-hybridized carbons (Fsp3) is 0.238. The van der Waals surface area contributed by atoms with E-state index in [-0.39, 0.29) is 5.91 Å². The van der Waals surface area contributed by atoms with E-state index in [1.54, 1.807) is 0 Å². The number of benzene rings is 2. The quantitative estimate of drug-likeness (QED) is 0.647. The first-order valence-electron chi connectivity index (χ1n) is 8.74. The third-order valence-electron chi connectivity index (χ3n) is 4.84. The Labute approximate surface area is 161 Å². The molecule has 0 saturated carbocycles. The average Bonchev–Trinajstić information content (AvgIpc) is 3.04. The van der Waals surface area contributed by atoms with Crippen molar-refractivity contribution in [1.29, 1.82) is 0 Å². The van der Waals surface area contributed by atoms with Gasteiger partial charge in [0.1, 0.15) is 12.4 Å². The van der Waals surface area contributed by atoms with E-state index in [0.29, 0.717) is 13.1 Å². The molecule has 0 radical (unpaired) electrons. The molecule has 0 fully saturated rings. The summed E-state index contributed by atoms with van der Waals surface area (Å²) in [7, 11) is 0. The highest BCUT2D eigenvalue weighted by Gasteiger charge is 2.26. The van der Waals surface area contributed by atoms with Crippen molar-refractivity contribution in [3.8, 4) is 11.4 Å². The Balaban J connectivity index is 1.52. The lowest BCUT2D eigenvalue weighted by atomic mass is 10.1. The molecule has 132 valence electrons. The molecule has 26 heavy (non-hydrogen) atoms. The van der Waals surface area contributed by atoms with Crippen LogP contribution in [-0.4, -0.2) is 26.9 Å². The highest BCUT2D eigenvalue weighted by molar-refractivity contribution is 9.10. The number of hydrogen-bond donors (Lipinski definition) is 0. The number of halogens is 1. The van der Waals surface area contributed by atoms with Gasteiger partial charge in [0.15, 0.2) is 0 Å². The number of rotatable bonds is 4. The largest absolute Gasteiger partial charge is 0.335 e. The molecule has 0 spiro atoms. The van der Waals surface area contributed by atoms with Crippen molar-refractivity contribution >= 4 is 21.8 Å². The van der Waals surface area contributed by atoms with E-state index in [2.05, 4.69) is 52.1 Å². The molecule has 2 aromatic carbocycles. The van der Waals surface area contributed by atoms with Gasteiger partial charge in [-0.05, 0) is 25.0 Å². The van der Waals surface area contributed by atoms with E-state index in [4.69, 9.17) is 0 Å². The van der Waals surface area contributed by atoms with Crippen LogP contribution in [0.15, 0.2) is 59.2 Å². The summed E-state index contributed by atoms with van der Waals surface area (Å²) in [6.45, 7) is 3.78. The molecule has 1 aliphatic heterocycles. The molecule has 0 N–H and O–H groups in total. The van der Waals surface area contributed by atoms with E-state index < -0.39 is 0 Å². The molecule has 4 nitrogen and oxygen atoms in total. The minimum absolute atomic E-state index is 0.149. The summed E-state index contributed by atoms with van der Waals surface area (Å²) in [6.07, 6.45) is 2.76. The first kappa shape index (κ1) is 17.0. The molecule has 1 aliphatic rings. The Bertz CT molecular complexity index is 946. The Morgan fingerprint density at radius 2 is 1.85 bits per heavy atom. The maximum Gasteiger partial charge on any atom is 0.242 e. The minimum Gasteiger partial charge on any atom is -0.335 e. The summed E-state index contributed by atoms with van der Waals surface area (Å²) in [4.78, 5) is 19.2. The lowest BCUT2D eigenvalue weighted by Crippen LogP contribution is -2.40. The normalized spacial score (nSPS) is 13.8.